The number of aryl methyl sites for hydroxylation is 1. The van der Waals surface area contributed by atoms with Crippen LogP contribution in [0.1, 0.15) is 36.6 Å². The molecule has 0 N–H and O–H groups in total. The van der Waals surface area contributed by atoms with E-state index in [1.807, 2.05) is 43.1 Å². The van der Waals surface area contributed by atoms with Gasteiger partial charge in [0.2, 0.25) is 0 Å². The van der Waals surface area contributed by atoms with Crippen LogP contribution in [0.25, 0.3) is 0 Å². The molecule has 0 atom stereocenters. The van der Waals surface area contributed by atoms with Crippen molar-refractivity contribution in [2.45, 2.75) is 32.7 Å². The van der Waals surface area contributed by atoms with Crippen molar-refractivity contribution in [2.24, 2.45) is 5.92 Å². The third-order valence-corrected chi connectivity index (χ3v) is 5.27. The van der Waals surface area contributed by atoms with Crippen LogP contribution in [0.3, 0.4) is 0 Å². The minimum absolute atomic E-state index is 0.291. The monoisotopic (exact) mass is 367 g/mol. The SMILES string of the molecule is CCc1ncnc(N(C)CC2CCN(Cc3ccc(C#N)cc3)CC2)c1F. The summed E-state index contributed by atoms with van der Waals surface area (Å²) in [6.45, 7) is 5.69. The van der Waals surface area contributed by atoms with Gasteiger partial charge in [-0.05, 0) is 56.0 Å². The van der Waals surface area contributed by atoms with E-state index in [1.54, 1.807) is 0 Å². The summed E-state index contributed by atoms with van der Waals surface area (Å²) in [7, 11) is 1.91. The van der Waals surface area contributed by atoms with Crippen LogP contribution in [0.15, 0.2) is 30.6 Å². The number of piperidine rings is 1. The highest BCUT2D eigenvalue weighted by Crippen LogP contribution is 2.23. The minimum atomic E-state index is -0.291. The Morgan fingerprint density at radius 2 is 1.93 bits per heavy atom. The molecular formula is C21H26FN5. The van der Waals surface area contributed by atoms with Crippen LogP contribution in [-0.2, 0) is 13.0 Å². The Bertz CT molecular complexity index is 791. The van der Waals surface area contributed by atoms with Crippen LogP contribution in [0.4, 0.5) is 10.2 Å². The molecule has 2 heterocycles. The molecule has 1 aliphatic rings. The molecule has 2 aromatic rings. The summed E-state index contributed by atoms with van der Waals surface area (Å²) in [6, 6.07) is 9.96. The van der Waals surface area contributed by atoms with Crippen molar-refractivity contribution in [1.29, 1.82) is 5.26 Å². The van der Waals surface area contributed by atoms with Gasteiger partial charge in [0, 0.05) is 20.1 Å². The quantitative estimate of drug-likeness (QED) is 0.783. The fourth-order valence-electron chi connectivity index (χ4n) is 3.65. The lowest BCUT2D eigenvalue weighted by molar-refractivity contribution is 0.179. The largest absolute Gasteiger partial charge is 0.357 e. The van der Waals surface area contributed by atoms with Gasteiger partial charge in [-0.2, -0.15) is 5.26 Å². The van der Waals surface area contributed by atoms with E-state index in [2.05, 4.69) is 20.9 Å². The summed E-state index contributed by atoms with van der Waals surface area (Å²) in [5, 5.41) is 8.88. The summed E-state index contributed by atoms with van der Waals surface area (Å²) in [5.41, 5.74) is 2.41. The summed E-state index contributed by atoms with van der Waals surface area (Å²) in [4.78, 5) is 12.5. The standard InChI is InChI=1S/C21H26FN5/c1-3-19-20(22)21(25-15-24-19)26(2)13-18-8-10-27(11-9-18)14-17-6-4-16(12-23)5-7-17/h4-7,15,18H,3,8-11,13-14H2,1-2H3. The summed E-state index contributed by atoms with van der Waals surface area (Å²) in [5.74, 6) is 0.647. The number of rotatable bonds is 6. The first-order chi connectivity index (χ1) is 13.1. The average molecular weight is 367 g/mol. The Labute approximate surface area is 160 Å². The van der Waals surface area contributed by atoms with E-state index in [1.165, 1.54) is 11.9 Å². The third kappa shape index (κ3) is 4.81. The second-order valence-corrected chi connectivity index (χ2v) is 7.22. The first kappa shape index (κ1) is 19.2. The molecule has 0 amide bonds. The molecular weight excluding hydrogens is 341 g/mol. The molecule has 0 bridgehead atoms. The Kier molecular flexibility index (Phi) is 6.36. The van der Waals surface area contributed by atoms with E-state index in [0.29, 0.717) is 29.4 Å². The van der Waals surface area contributed by atoms with Crippen molar-refractivity contribution in [2.75, 3.05) is 31.6 Å². The molecule has 0 spiro atoms. The first-order valence-electron chi connectivity index (χ1n) is 9.52. The first-order valence-corrected chi connectivity index (χ1v) is 9.52. The molecule has 1 aromatic carbocycles. The van der Waals surface area contributed by atoms with Gasteiger partial charge >= 0.3 is 0 Å². The fourth-order valence-corrected chi connectivity index (χ4v) is 3.65. The van der Waals surface area contributed by atoms with Gasteiger partial charge in [0.1, 0.15) is 6.33 Å². The second kappa shape index (κ2) is 8.92. The maximum atomic E-state index is 14.4. The average Bonchev–Trinajstić information content (AvgIpc) is 2.70. The van der Waals surface area contributed by atoms with Crippen LogP contribution in [0.2, 0.25) is 0 Å². The van der Waals surface area contributed by atoms with Gasteiger partial charge < -0.3 is 4.90 Å². The Balaban J connectivity index is 1.51. The van der Waals surface area contributed by atoms with Crippen LogP contribution < -0.4 is 4.90 Å². The molecule has 1 aromatic heterocycles. The van der Waals surface area contributed by atoms with Crippen LogP contribution in [0.5, 0.6) is 0 Å². The maximum absolute atomic E-state index is 14.4. The zero-order chi connectivity index (χ0) is 19.2. The zero-order valence-corrected chi connectivity index (χ0v) is 16.0. The summed E-state index contributed by atoms with van der Waals surface area (Å²) >= 11 is 0. The van der Waals surface area contributed by atoms with Crippen molar-refractivity contribution >= 4 is 5.82 Å². The lowest BCUT2D eigenvalue weighted by Crippen LogP contribution is -2.37. The molecule has 0 unspecified atom stereocenters. The van der Waals surface area contributed by atoms with Gasteiger partial charge in [-0.15, -0.1) is 0 Å². The van der Waals surface area contributed by atoms with E-state index in [9.17, 15) is 4.39 Å². The molecule has 27 heavy (non-hydrogen) atoms. The molecule has 1 aliphatic heterocycles. The number of benzene rings is 1. The van der Waals surface area contributed by atoms with E-state index in [-0.39, 0.29) is 5.82 Å². The molecule has 1 fully saturated rings. The van der Waals surface area contributed by atoms with Crippen LogP contribution in [-0.4, -0.2) is 41.5 Å². The van der Waals surface area contributed by atoms with Crippen molar-refractivity contribution in [3.8, 4) is 6.07 Å². The molecule has 0 saturated carbocycles. The summed E-state index contributed by atoms with van der Waals surface area (Å²) < 4.78 is 14.4. The van der Waals surface area contributed by atoms with E-state index < -0.39 is 0 Å². The number of anilines is 1. The minimum Gasteiger partial charge on any atom is -0.357 e. The number of aromatic nitrogens is 2. The van der Waals surface area contributed by atoms with Gasteiger partial charge in [0.25, 0.3) is 0 Å². The number of hydrogen-bond donors (Lipinski definition) is 0. The highest BCUT2D eigenvalue weighted by atomic mass is 19.1. The zero-order valence-electron chi connectivity index (χ0n) is 16.0. The van der Waals surface area contributed by atoms with Crippen molar-refractivity contribution in [3.05, 3.63) is 53.2 Å². The lowest BCUT2D eigenvalue weighted by atomic mass is 9.96. The van der Waals surface area contributed by atoms with Gasteiger partial charge in [-0.1, -0.05) is 19.1 Å². The molecule has 5 nitrogen and oxygen atoms in total. The van der Waals surface area contributed by atoms with Crippen LogP contribution in [0, 0.1) is 23.1 Å². The van der Waals surface area contributed by atoms with Crippen molar-refractivity contribution < 1.29 is 4.39 Å². The molecule has 1 saturated heterocycles. The number of nitriles is 1. The van der Waals surface area contributed by atoms with Crippen molar-refractivity contribution in [1.82, 2.24) is 14.9 Å². The lowest BCUT2D eigenvalue weighted by Gasteiger charge is -2.34. The number of nitrogens with zero attached hydrogens (tertiary/aromatic N) is 5. The smallest absolute Gasteiger partial charge is 0.187 e. The normalized spacial score (nSPS) is 15.5. The van der Waals surface area contributed by atoms with Gasteiger partial charge in [0.05, 0.1) is 17.3 Å². The van der Waals surface area contributed by atoms with Gasteiger partial charge in [-0.3, -0.25) is 4.90 Å². The Morgan fingerprint density at radius 1 is 1.22 bits per heavy atom. The summed E-state index contributed by atoms with van der Waals surface area (Å²) in [6.07, 6.45) is 4.21. The highest BCUT2D eigenvalue weighted by Gasteiger charge is 2.22. The van der Waals surface area contributed by atoms with Crippen LogP contribution >= 0.6 is 0 Å². The molecule has 3 rings (SSSR count). The predicted octanol–water partition coefficient (Wildman–Crippen LogP) is 3.40. The van der Waals surface area contributed by atoms with E-state index in [0.717, 1.165) is 39.0 Å². The topological polar surface area (TPSA) is 56.1 Å². The molecule has 142 valence electrons. The third-order valence-electron chi connectivity index (χ3n) is 5.27. The Hall–Kier alpha value is -2.52. The second-order valence-electron chi connectivity index (χ2n) is 7.22. The van der Waals surface area contributed by atoms with Crippen molar-refractivity contribution in [3.63, 3.8) is 0 Å². The molecule has 6 heteroatoms. The van der Waals surface area contributed by atoms with Gasteiger partial charge in [-0.25, -0.2) is 14.4 Å². The highest BCUT2D eigenvalue weighted by molar-refractivity contribution is 5.40. The van der Waals surface area contributed by atoms with E-state index >= 15 is 0 Å². The maximum Gasteiger partial charge on any atom is 0.187 e. The fraction of sp³-hybridized carbons (Fsp3) is 0.476. The van der Waals surface area contributed by atoms with Gasteiger partial charge in [0.15, 0.2) is 11.6 Å². The van der Waals surface area contributed by atoms with E-state index in [4.69, 9.17) is 5.26 Å². The Morgan fingerprint density at radius 3 is 2.56 bits per heavy atom. The number of hydrogen-bond acceptors (Lipinski definition) is 5. The predicted molar refractivity (Wildman–Crippen MR) is 104 cm³/mol. The molecule has 0 aliphatic carbocycles. The molecule has 0 radical (unpaired) electrons. The number of likely N-dealkylation sites (tertiary alicyclic amines) is 1. The number of halogens is 1.